The van der Waals surface area contributed by atoms with Gasteiger partial charge >= 0.3 is 7.12 Å². The Labute approximate surface area is 107 Å². The molecule has 2 aromatic rings. The Morgan fingerprint density at radius 2 is 1.82 bits per heavy atom. The van der Waals surface area contributed by atoms with Crippen LogP contribution in [0, 0.1) is 0 Å². The van der Waals surface area contributed by atoms with Gasteiger partial charge in [-0.2, -0.15) is 0 Å². The molecular weight excluding hydrogens is 258 g/mol. The first-order valence-electron chi connectivity index (χ1n) is 4.93. The van der Waals surface area contributed by atoms with Crippen LogP contribution in [0.25, 0.3) is 10.8 Å². The third-order valence-corrected chi connectivity index (χ3v) is 3.88. The van der Waals surface area contributed by atoms with Crippen LogP contribution in [0.2, 0.25) is 5.02 Å². The van der Waals surface area contributed by atoms with E-state index in [9.17, 15) is 14.6 Å². The number of fused-ring (bicyclic) bond motifs is 1. The zero-order chi connectivity index (χ0) is 12.6. The van der Waals surface area contributed by atoms with Gasteiger partial charge in [-0.25, -0.2) is 0 Å². The maximum absolute atomic E-state index is 11.7. The predicted octanol–water partition coefficient (Wildman–Crippen LogP) is 0.910. The van der Waals surface area contributed by atoms with Gasteiger partial charge in [0.2, 0.25) is 0 Å². The summed E-state index contributed by atoms with van der Waals surface area (Å²) in [5.41, 5.74) is 0.189. The van der Waals surface area contributed by atoms with Crippen molar-refractivity contribution in [3.05, 3.63) is 35.4 Å². The van der Waals surface area contributed by atoms with E-state index in [0.29, 0.717) is 15.3 Å². The molecule has 17 heavy (non-hydrogen) atoms. The zero-order valence-electron chi connectivity index (χ0n) is 9.05. The monoisotopic (exact) mass is 268 g/mol. The molecule has 2 N–H and O–H groups in total. The number of halogens is 1. The number of benzene rings is 2. The molecule has 0 radical (unpaired) electrons. The molecule has 0 aliphatic heterocycles. The van der Waals surface area contributed by atoms with Crippen molar-refractivity contribution in [3.8, 4) is 0 Å². The molecule has 1 atom stereocenters. The van der Waals surface area contributed by atoms with Crippen molar-refractivity contribution in [3.63, 3.8) is 0 Å². The Morgan fingerprint density at radius 3 is 2.35 bits per heavy atom. The summed E-state index contributed by atoms with van der Waals surface area (Å²) in [6.45, 7) is 0. The standard InChI is InChI=1S/C11H10BClO3S/c1-17(16)11-8-5-3-2-4-7(8)10(13)6-9(11)12(14)15/h2-6,14-15H,1H3. The van der Waals surface area contributed by atoms with Gasteiger partial charge in [-0.1, -0.05) is 29.8 Å². The summed E-state index contributed by atoms with van der Waals surface area (Å²) in [4.78, 5) is 0.417. The summed E-state index contributed by atoms with van der Waals surface area (Å²) in [5.74, 6) is 0. The quantitative estimate of drug-likeness (QED) is 0.629. The zero-order valence-corrected chi connectivity index (χ0v) is 10.6. The molecule has 3 nitrogen and oxygen atoms in total. The van der Waals surface area contributed by atoms with Crippen molar-refractivity contribution in [2.24, 2.45) is 0 Å². The normalized spacial score (nSPS) is 12.8. The molecular formula is C11H10BClO3S. The van der Waals surface area contributed by atoms with Gasteiger partial charge in [0.1, 0.15) is 6.26 Å². The second-order valence-corrected chi connectivity index (χ2v) is 5.37. The van der Waals surface area contributed by atoms with Crippen LogP contribution in [0.4, 0.5) is 0 Å². The van der Waals surface area contributed by atoms with Crippen molar-refractivity contribution >= 4 is 46.1 Å². The van der Waals surface area contributed by atoms with Crippen LogP contribution in [-0.2, 0) is 11.2 Å². The van der Waals surface area contributed by atoms with Gasteiger partial charge in [-0.15, -0.1) is 0 Å². The van der Waals surface area contributed by atoms with Crippen LogP contribution in [0.15, 0.2) is 35.2 Å². The van der Waals surface area contributed by atoms with E-state index < -0.39 is 18.3 Å². The van der Waals surface area contributed by atoms with Gasteiger partial charge in [0.05, 0.1) is 0 Å². The van der Waals surface area contributed by atoms with E-state index in [1.54, 1.807) is 12.1 Å². The van der Waals surface area contributed by atoms with Crippen LogP contribution < -0.4 is 5.46 Å². The first kappa shape index (κ1) is 12.7. The van der Waals surface area contributed by atoms with Crippen LogP contribution in [0.1, 0.15) is 0 Å². The fourth-order valence-electron chi connectivity index (χ4n) is 1.84. The third kappa shape index (κ3) is 2.29. The van der Waals surface area contributed by atoms with E-state index in [4.69, 9.17) is 11.6 Å². The van der Waals surface area contributed by atoms with Gasteiger partial charge in [-0.3, -0.25) is 0 Å². The SMILES string of the molecule is C[S+]([O-])c1c(B(O)O)cc(Cl)c2ccccc12. The summed E-state index contributed by atoms with van der Waals surface area (Å²) in [6, 6.07) is 8.64. The molecule has 0 aliphatic carbocycles. The van der Waals surface area contributed by atoms with E-state index in [2.05, 4.69) is 0 Å². The summed E-state index contributed by atoms with van der Waals surface area (Å²) in [5, 5.41) is 20.5. The van der Waals surface area contributed by atoms with Crippen LogP contribution in [0.3, 0.4) is 0 Å². The minimum absolute atomic E-state index is 0.189. The molecule has 0 amide bonds. The largest absolute Gasteiger partial charge is 0.612 e. The fourth-order valence-corrected chi connectivity index (χ4v) is 3.10. The maximum Gasteiger partial charge on any atom is 0.493 e. The average Bonchev–Trinajstić information content (AvgIpc) is 2.28. The first-order valence-corrected chi connectivity index (χ1v) is 6.86. The number of rotatable bonds is 2. The van der Waals surface area contributed by atoms with Crippen LogP contribution in [-0.4, -0.2) is 28.0 Å². The topological polar surface area (TPSA) is 63.5 Å². The van der Waals surface area contributed by atoms with Gasteiger partial charge in [0, 0.05) is 21.3 Å². The molecule has 0 saturated heterocycles. The van der Waals surface area contributed by atoms with Gasteiger partial charge in [0.15, 0.2) is 4.90 Å². The first-order chi connectivity index (χ1) is 8.02. The molecule has 0 aromatic heterocycles. The molecule has 0 fully saturated rings. The lowest BCUT2D eigenvalue weighted by atomic mass is 9.79. The Bertz CT molecular complexity index is 560. The predicted molar refractivity (Wildman–Crippen MR) is 71.1 cm³/mol. The van der Waals surface area contributed by atoms with Crippen molar-refractivity contribution < 1.29 is 14.6 Å². The van der Waals surface area contributed by atoms with Crippen molar-refractivity contribution in [2.75, 3.05) is 6.26 Å². The summed E-state index contributed by atoms with van der Waals surface area (Å²) >= 11 is 4.74. The highest BCUT2D eigenvalue weighted by Gasteiger charge is 2.25. The molecule has 0 heterocycles. The minimum Gasteiger partial charge on any atom is -0.612 e. The Morgan fingerprint density at radius 1 is 1.24 bits per heavy atom. The molecule has 6 heteroatoms. The molecule has 1 unspecified atom stereocenters. The lowest BCUT2D eigenvalue weighted by Gasteiger charge is -2.14. The Balaban J connectivity index is 2.88. The molecule has 0 spiro atoms. The fraction of sp³-hybridized carbons (Fsp3) is 0.0909. The van der Waals surface area contributed by atoms with Crippen molar-refractivity contribution in [1.29, 1.82) is 0 Å². The highest BCUT2D eigenvalue weighted by atomic mass is 35.5. The van der Waals surface area contributed by atoms with Crippen molar-refractivity contribution in [1.82, 2.24) is 0 Å². The smallest absolute Gasteiger partial charge is 0.493 e. The number of hydrogen-bond donors (Lipinski definition) is 2. The molecule has 88 valence electrons. The second-order valence-electron chi connectivity index (χ2n) is 3.65. The van der Waals surface area contributed by atoms with Gasteiger partial charge in [-0.05, 0) is 23.3 Å². The molecule has 0 aliphatic rings. The van der Waals surface area contributed by atoms with Gasteiger partial charge in [0.25, 0.3) is 0 Å². The Hall–Kier alpha value is -0.715. The summed E-state index contributed by atoms with van der Waals surface area (Å²) < 4.78 is 11.7. The Kier molecular flexibility index (Phi) is 3.65. The van der Waals surface area contributed by atoms with Crippen molar-refractivity contribution in [2.45, 2.75) is 4.90 Å². The van der Waals surface area contributed by atoms with E-state index in [1.807, 2.05) is 12.1 Å². The molecule has 2 rings (SSSR count). The van der Waals surface area contributed by atoms with Crippen LogP contribution >= 0.6 is 11.6 Å². The maximum atomic E-state index is 11.7. The van der Waals surface area contributed by atoms with E-state index in [0.717, 1.165) is 5.39 Å². The lowest BCUT2D eigenvalue weighted by Crippen LogP contribution is -2.34. The highest BCUT2D eigenvalue weighted by molar-refractivity contribution is 7.91. The second kappa shape index (κ2) is 4.88. The van der Waals surface area contributed by atoms with Crippen LogP contribution in [0.5, 0.6) is 0 Å². The minimum atomic E-state index is -1.68. The lowest BCUT2D eigenvalue weighted by molar-refractivity contribution is 0.424. The highest BCUT2D eigenvalue weighted by Crippen LogP contribution is 2.28. The van der Waals surface area contributed by atoms with Gasteiger partial charge < -0.3 is 14.6 Å². The third-order valence-electron chi connectivity index (χ3n) is 2.54. The van der Waals surface area contributed by atoms with E-state index >= 15 is 0 Å². The molecule has 2 aromatic carbocycles. The molecule has 0 saturated carbocycles. The molecule has 0 bridgehead atoms. The average molecular weight is 269 g/mol. The summed E-state index contributed by atoms with van der Waals surface area (Å²) in [7, 11) is -1.68. The van der Waals surface area contributed by atoms with E-state index in [1.165, 1.54) is 12.3 Å². The summed E-state index contributed by atoms with van der Waals surface area (Å²) in [6.07, 6.45) is 1.50. The number of hydrogen-bond acceptors (Lipinski definition) is 3. The van der Waals surface area contributed by atoms with E-state index in [-0.39, 0.29) is 5.46 Å².